The van der Waals surface area contributed by atoms with Crippen LogP contribution in [0.1, 0.15) is 59.3 Å². The Morgan fingerprint density at radius 2 is 1.06 bits per heavy atom. The molecular formula is C14H31ClSn. The van der Waals surface area contributed by atoms with Gasteiger partial charge in [0.25, 0.3) is 0 Å². The molecule has 16 heavy (non-hydrogen) atoms. The number of hydrogen-bond donors (Lipinski definition) is 0. The molecule has 0 rings (SSSR count). The van der Waals surface area contributed by atoms with Gasteiger partial charge in [0.1, 0.15) is 0 Å². The first-order valence-corrected chi connectivity index (χ1v) is 15.9. The summed E-state index contributed by atoms with van der Waals surface area (Å²) in [7, 11) is 0. The van der Waals surface area contributed by atoms with E-state index in [9.17, 15) is 0 Å². The van der Waals surface area contributed by atoms with E-state index in [4.69, 9.17) is 11.6 Å². The van der Waals surface area contributed by atoms with Gasteiger partial charge in [-0.3, -0.25) is 0 Å². The third-order valence-electron chi connectivity index (χ3n) is 3.81. The van der Waals surface area contributed by atoms with Crippen molar-refractivity contribution < 1.29 is 0 Å². The molecule has 0 aliphatic heterocycles. The molecule has 0 aliphatic rings. The molecule has 0 amide bonds. The van der Waals surface area contributed by atoms with Crippen molar-refractivity contribution in [2.24, 2.45) is 0 Å². The van der Waals surface area contributed by atoms with Crippen LogP contribution in [0.4, 0.5) is 0 Å². The van der Waals surface area contributed by atoms with E-state index >= 15 is 0 Å². The molecule has 0 saturated carbocycles. The van der Waals surface area contributed by atoms with E-state index in [1.54, 1.807) is 13.3 Å². The van der Waals surface area contributed by atoms with Crippen LogP contribution in [0.2, 0.25) is 17.7 Å². The molecule has 98 valence electrons. The van der Waals surface area contributed by atoms with E-state index in [0.29, 0.717) is 0 Å². The van der Waals surface area contributed by atoms with Crippen LogP contribution in [0.25, 0.3) is 0 Å². The SMILES string of the molecule is CCC[CH2][Sn]([CH2]CCl)([CH2]CCC)[CH2]CCC. The third-order valence-corrected chi connectivity index (χ3v) is 20.8. The Morgan fingerprint density at radius 3 is 1.31 bits per heavy atom. The molecule has 0 heterocycles. The zero-order valence-electron chi connectivity index (χ0n) is 11.7. The van der Waals surface area contributed by atoms with Crippen molar-refractivity contribution in [3.8, 4) is 0 Å². The van der Waals surface area contributed by atoms with Gasteiger partial charge in [0, 0.05) is 0 Å². The predicted octanol–water partition coefficient (Wildman–Crippen LogP) is 6.07. The fraction of sp³-hybridized carbons (Fsp3) is 1.00. The van der Waals surface area contributed by atoms with Crippen LogP contribution in [0.5, 0.6) is 0 Å². The maximum atomic E-state index is 6.08. The monoisotopic (exact) mass is 354 g/mol. The van der Waals surface area contributed by atoms with Crippen molar-refractivity contribution in [3.63, 3.8) is 0 Å². The minimum absolute atomic E-state index is 0.938. The van der Waals surface area contributed by atoms with Crippen LogP contribution in [-0.4, -0.2) is 24.3 Å². The van der Waals surface area contributed by atoms with Gasteiger partial charge >= 0.3 is 113 Å². The number of unbranched alkanes of at least 4 members (excludes halogenated alkanes) is 3. The van der Waals surface area contributed by atoms with E-state index in [1.807, 2.05) is 0 Å². The summed E-state index contributed by atoms with van der Waals surface area (Å²) in [6, 6.07) is 0. The van der Waals surface area contributed by atoms with E-state index in [-0.39, 0.29) is 0 Å². The standard InChI is InChI=1S/3C4H9.C2H4Cl.Sn/c3*1-3-4-2;1-2-3;/h3*1,3-4H2,2H3;1-2H2;. The Morgan fingerprint density at radius 1 is 0.688 bits per heavy atom. The predicted molar refractivity (Wildman–Crippen MR) is 80.4 cm³/mol. The Balaban J connectivity index is 4.32. The molecule has 0 bridgehead atoms. The number of alkyl halides is 1. The zero-order chi connectivity index (χ0) is 12.3. The molecule has 0 aromatic rings. The fourth-order valence-electron chi connectivity index (χ4n) is 2.61. The first-order valence-electron chi connectivity index (χ1n) is 7.30. The molecular weight excluding hydrogens is 322 g/mol. The third kappa shape index (κ3) is 7.42. The summed E-state index contributed by atoms with van der Waals surface area (Å²) < 4.78 is 6.27. The van der Waals surface area contributed by atoms with Gasteiger partial charge in [-0.2, -0.15) is 0 Å². The van der Waals surface area contributed by atoms with Crippen LogP contribution in [0.3, 0.4) is 0 Å². The molecule has 0 nitrogen and oxygen atoms in total. The van der Waals surface area contributed by atoms with Crippen molar-refractivity contribution in [1.29, 1.82) is 0 Å². The molecule has 0 atom stereocenters. The van der Waals surface area contributed by atoms with Gasteiger partial charge in [-0.05, 0) is 0 Å². The van der Waals surface area contributed by atoms with Crippen LogP contribution >= 0.6 is 11.6 Å². The molecule has 0 aliphatic carbocycles. The molecule has 0 saturated heterocycles. The number of halogens is 1. The second-order valence-electron chi connectivity index (χ2n) is 5.25. The van der Waals surface area contributed by atoms with Gasteiger partial charge in [-0.1, -0.05) is 0 Å². The molecule has 0 N–H and O–H groups in total. The zero-order valence-corrected chi connectivity index (χ0v) is 15.3. The summed E-state index contributed by atoms with van der Waals surface area (Å²) in [6.45, 7) is 6.99. The van der Waals surface area contributed by atoms with Gasteiger partial charge < -0.3 is 0 Å². The second kappa shape index (κ2) is 11.2. The quantitative estimate of drug-likeness (QED) is 0.312. The summed E-state index contributed by atoms with van der Waals surface area (Å²) >= 11 is 4.28. The summed E-state index contributed by atoms with van der Waals surface area (Å²) in [5, 5.41) is 0. The summed E-state index contributed by atoms with van der Waals surface area (Å²) in [5.41, 5.74) is 0. The first kappa shape index (κ1) is 17.1. The number of rotatable bonds is 11. The van der Waals surface area contributed by atoms with Gasteiger partial charge in [0.05, 0.1) is 0 Å². The van der Waals surface area contributed by atoms with E-state index < -0.39 is 18.4 Å². The molecule has 0 radical (unpaired) electrons. The van der Waals surface area contributed by atoms with Crippen LogP contribution in [0.15, 0.2) is 0 Å². The van der Waals surface area contributed by atoms with Crippen LogP contribution < -0.4 is 0 Å². The second-order valence-corrected chi connectivity index (χ2v) is 19.9. The Hall–Kier alpha value is 1.09. The van der Waals surface area contributed by atoms with Crippen molar-refractivity contribution in [2.45, 2.75) is 77.0 Å². The number of hydrogen-bond acceptors (Lipinski definition) is 0. The average molecular weight is 354 g/mol. The van der Waals surface area contributed by atoms with Crippen molar-refractivity contribution >= 4 is 30.0 Å². The Bertz CT molecular complexity index is 126. The maximum absolute atomic E-state index is 6.08. The Labute approximate surface area is 112 Å². The van der Waals surface area contributed by atoms with Crippen LogP contribution in [0, 0.1) is 0 Å². The molecule has 0 fully saturated rings. The van der Waals surface area contributed by atoms with E-state index in [1.165, 1.54) is 43.0 Å². The summed E-state index contributed by atoms with van der Waals surface area (Å²) in [6.07, 6.45) is 8.54. The minimum atomic E-state index is -1.79. The average Bonchev–Trinajstić information content (AvgIpc) is 2.31. The Kier molecular flexibility index (Phi) is 12.0. The van der Waals surface area contributed by atoms with Crippen molar-refractivity contribution in [2.75, 3.05) is 5.88 Å². The first-order chi connectivity index (χ1) is 7.74. The topological polar surface area (TPSA) is 0 Å². The van der Waals surface area contributed by atoms with Gasteiger partial charge in [0.15, 0.2) is 0 Å². The van der Waals surface area contributed by atoms with Crippen molar-refractivity contribution in [1.82, 2.24) is 0 Å². The van der Waals surface area contributed by atoms with Gasteiger partial charge in [-0.25, -0.2) is 0 Å². The van der Waals surface area contributed by atoms with E-state index in [2.05, 4.69) is 20.8 Å². The molecule has 0 aromatic carbocycles. The van der Waals surface area contributed by atoms with Crippen LogP contribution in [-0.2, 0) is 0 Å². The van der Waals surface area contributed by atoms with E-state index in [0.717, 1.165) is 5.88 Å². The van der Waals surface area contributed by atoms with Gasteiger partial charge in [-0.15, -0.1) is 0 Å². The fourth-order valence-corrected chi connectivity index (χ4v) is 20.2. The van der Waals surface area contributed by atoms with Gasteiger partial charge in [0.2, 0.25) is 0 Å². The summed E-state index contributed by atoms with van der Waals surface area (Å²) in [4.78, 5) is 0. The van der Waals surface area contributed by atoms with Crippen molar-refractivity contribution in [3.05, 3.63) is 0 Å². The molecule has 0 aromatic heterocycles. The molecule has 0 spiro atoms. The summed E-state index contributed by atoms with van der Waals surface area (Å²) in [5.74, 6) is 0.938. The molecule has 0 unspecified atom stereocenters. The molecule has 2 heteroatoms. The normalized spacial score (nSPS) is 12.0.